The van der Waals surface area contributed by atoms with Gasteiger partial charge in [0.1, 0.15) is 6.33 Å². The smallest absolute Gasteiger partial charge is 0.319 e. The van der Waals surface area contributed by atoms with Gasteiger partial charge in [-0.3, -0.25) is 0 Å². The minimum absolute atomic E-state index is 0.266. The summed E-state index contributed by atoms with van der Waals surface area (Å²) in [5.41, 5.74) is 0. The number of rotatable bonds is 6. The van der Waals surface area contributed by atoms with E-state index >= 15 is 0 Å². The Hall–Kier alpha value is -1.74. The highest BCUT2D eigenvalue weighted by molar-refractivity contribution is 7.88. The summed E-state index contributed by atoms with van der Waals surface area (Å²) in [7, 11) is -1.000. The molecule has 21 heavy (non-hydrogen) atoms. The van der Waals surface area contributed by atoms with Gasteiger partial charge in [0.2, 0.25) is 0 Å². The largest absolute Gasteiger partial charge is 0.346 e. The maximum absolute atomic E-state index is 12.3. The Kier molecular flexibility index (Phi) is 5.62. The van der Waals surface area contributed by atoms with Crippen LogP contribution in [0.25, 0.3) is 0 Å². The summed E-state index contributed by atoms with van der Waals surface area (Å²) < 4.78 is 25.7. The molecule has 0 spiro atoms. The van der Waals surface area contributed by atoms with Crippen LogP contribution in [0.15, 0.2) is 24.1 Å². The standard InChI is InChI=1S/C12H21N5O3S/c1-6-7-16(8-10(2)3)12(18)17-9-13-11(14-17)21(19,20)15(4)5/h6,9-10H,1,7-8H2,2-5H3. The highest BCUT2D eigenvalue weighted by Gasteiger charge is 2.25. The molecule has 0 fully saturated rings. The van der Waals surface area contributed by atoms with Crippen molar-refractivity contribution in [2.24, 2.45) is 5.92 Å². The fourth-order valence-corrected chi connectivity index (χ4v) is 2.29. The number of hydrogen-bond acceptors (Lipinski definition) is 5. The van der Waals surface area contributed by atoms with Crippen LogP contribution in [0.4, 0.5) is 4.79 Å². The van der Waals surface area contributed by atoms with Gasteiger partial charge in [0, 0.05) is 27.2 Å². The normalized spacial score (nSPS) is 11.9. The summed E-state index contributed by atoms with van der Waals surface area (Å²) in [5, 5.41) is 3.36. The number of nitrogens with zero attached hydrogens (tertiary/aromatic N) is 5. The number of hydrogen-bond donors (Lipinski definition) is 0. The van der Waals surface area contributed by atoms with E-state index in [1.54, 1.807) is 6.08 Å². The van der Waals surface area contributed by atoms with Gasteiger partial charge in [0.25, 0.3) is 15.2 Å². The van der Waals surface area contributed by atoms with Crippen molar-refractivity contribution in [3.63, 3.8) is 0 Å². The fourth-order valence-electron chi connectivity index (χ4n) is 1.59. The topological polar surface area (TPSA) is 88.4 Å². The minimum Gasteiger partial charge on any atom is -0.319 e. The third kappa shape index (κ3) is 4.11. The summed E-state index contributed by atoms with van der Waals surface area (Å²) in [4.78, 5) is 17.5. The van der Waals surface area contributed by atoms with Crippen LogP contribution in [0.5, 0.6) is 0 Å². The predicted molar refractivity (Wildman–Crippen MR) is 78.3 cm³/mol. The summed E-state index contributed by atoms with van der Waals surface area (Å²) >= 11 is 0. The lowest BCUT2D eigenvalue weighted by molar-refractivity contribution is 0.195. The minimum atomic E-state index is -3.75. The quantitative estimate of drug-likeness (QED) is 0.719. The molecule has 0 radical (unpaired) electrons. The van der Waals surface area contributed by atoms with E-state index in [2.05, 4.69) is 16.7 Å². The molecule has 1 aromatic rings. The second kappa shape index (κ2) is 6.81. The first-order valence-electron chi connectivity index (χ1n) is 6.44. The van der Waals surface area contributed by atoms with E-state index in [0.717, 1.165) is 15.3 Å². The van der Waals surface area contributed by atoms with Gasteiger partial charge in [-0.05, 0) is 5.92 Å². The van der Waals surface area contributed by atoms with Crippen molar-refractivity contribution in [3.8, 4) is 0 Å². The van der Waals surface area contributed by atoms with E-state index in [4.69, 9.17) is 0 Å². The zero-order valence-electron chi connectivity index (χ0n) is 12.7. The van der Waals surface area contributed by atoms with Crippen molar-refractivity contribution in [1.29, 1.82) is 0 Å². The average Bonchev–Trinajstić information content (AvgIpc) is 2.86. The van der Waals surface area contributed by atoms with Crippen LogP contribution in [-0.4, -0.2) is 65.6 Å². The lowest BCUT2D eigenvalue weighted by Gasteiger charge is -2.22. The first-order chi connectivity index (χ1) is 9.70. The summed E-state index contributed by atoms with van der Waals surface area (Å²) in [6, 6.07) is -0.434. The molecule has 0 unspecified atom stereocenters. The number of sulfonamides is 1. The summed E-state index contributed by atoms with van der Waals surface area (Å²) in [6.07, 6.45) is 2.71. The SMILES string of the molecule is C=CCN(CC(C)C)C(=O)n1cnc(S(=O)(=O)N(C)C)n1. The summed E-state index contributed by atoms with van der Waals surface area (Å²) in [5.74, 6) is 0.266. The molecule has 1 aromatic heterocycles. The molecule has 9 heteroatoms. The molecule has 0 saturated heterocycles. The van der Waals surface area contributed by atoms with E-state index in [9.17, 15) is 13.2 Å². The molecule has 1 rings (SSSR count). The fraction of sp³-hybridized carbons (Fsp3) is 0.583. The Labute approximate surface area is 125 Å². The molecule has 0 bridgehead atoms. The van der Waals surface area contributed by atoms with E-state index in [0.29, 0.717) is 13.1 Å². The van der Waals surface area contributed by atoms with Crippen LogP contribution in [0.1, 0.15) is 13.8 Å². The zero-order chi connectivity index (χ0) is 16.2. The third-order valence-electron chi connectivity index (χ3n) is 2.58. The number of aromatic nitrogens is 3. The van der Waals surface area contributed by atoms with E-state index < -0.39 is 21.2 Å². The number of carbonyl (C=O) groups excluding carboxylic acids is 1. The molecule has 1 amide bonds. The molecule has 8 nitrogen and oxygen atoms in total. The molecule has 0 aliphatic rings. The molecular formula is C12H21N5O3S. The predicted octanol–water partition coefficient (Wildman–Crippen LogP) is 0.640. The Bertz CT molecular complexity index is 606. The van der Waals surface area contributed by atoms with Crippen molar-refractivity contribution in [3.05, 3.63) is 19.0 Å². The molecule has 118 valence electrons. The highest BCUT2D eigenvalue weighted by atomic mass is 32.2. The van der Waals surface area contributed by atoms with Gasteiger partial charge < -0.3 is 4.90 Å². The van der Waals surface area contributed by atoms with Gasteiger partial charge in [-0.2, -0.15) is 4.68 Å². The molecule has 0 N–H and O–H groups in total. The van der Waals surface area contributed by atoms with Crippen LogP contribution >= 0.6 is 0 Å². The van der Waals surface area contributed by atoms with Crippen molar-refractivity contribution in [2.75, 3.05) is 27.2 Å². The van der Waals surface area contributed by atoms with Crippen LogP contribution in [-0.2, 0) is 10.0 Å². The Balaban J connectivity index is 3.03. The first-order valence-corrected chi connectivity index (χ1v) is 7.88. The maximum Gasteiger partial charge on any atom is 0.346 e. The molecule has 1 heterocycles. The molecule has 0 aromatic carbocycles. The van der Waals surface area contributed by atoms with Crippen molar-refractivity contribution < 1.29 is 13.2 Å². The summed E-state index contributed by atoms with van der Waals surface area (Å²) in [6.45, 7) is 8.44. The number of carbonyl (C=O) groups is 1. The Morgan fingerprint density at radius 1 is 1.48 bits per heavy atom. The van der Waals surface area contributed by atoms with Crippen LogP contribution in [0, 0.1) is 5.92 Å². The zero-order valence-corrected chi connectivity index (χ0v) is 13.5. The average molecular weight is 315 g/mol. The second-order valence-corrected chi connectivity index (χ2v) is 7.17. The number of amides is 1. The Morgan fingerprint density at radius 3 is 2.57 bits per heavy atom. The van der Waals surface area contributed by atoms with Crippen LogP contribution in [0.3, 0.4) is 0 Å². The van der Waals surface area contributed by atoms with Gasteiger partial charge >= 0.3 is 6.03 Å². The molecular weight excluding hydrogens is 294 g/mol. The van der Waals surface area contributed by atoms with Crippen LogP contribution in [0.2, 0.25) is 0 Å². The van der Waals surface area contributed by atoms with Gasteiger partial charge in [0.15, 0.2) is 0 Å². The third-order valence-corrected chi connectivity index (χ3v) is 4.19. The lowest BCUT2D eigenvalue weighted by atomic mass is 10.2. The van der Waals surface area contributed by atoms with Crippen molar-refractivity contribution in [2.45, 2.75) is 19.0 Å². The van der Waals surface area contributed by atoms with Gasteiger partial charge in [-0.15, -0.1) is 11.7 Å². The van der Waals surface area contributed by atoms with Crippen LogP contribution < -0.4 is 0 Å². The first kappa shape index (κ1) is 17.3. The highest BCUT2D eigenvalue weighted by Crippen LogP contribution is 2.08. The van der Waals surface area contributed by atoms with Crippen molar-refractivity contribution in [1.82, 2.24) is 24.0 Å². The van der Waals surface area contributed by atoms with E-state index in [1.165, 1.54) is 19.0 Å². The molecule has 0 atom stereocenters. The van der Waals surface area contributed by atoms with Gasteiger partial charge in [0.05, 0.1) is 0 Å². The monoisotopic (exact) mass is 315 g/mol. The van der Waals surface area contributed by atoms with Crippen molar-refractivity contribution >= 4 is 16.1 Å². The second-order valence-electron chi connectivity index (χ2n) is 5.13. The molecule has 0 saturated carbocycles. The lowest BCUT2D eigenvalue weighted by Crippen LogP contribution is -2.37. The van der Waals surface area contributed by atoms with Gasteiger partial charge in [-0.25, -0.2) is 22.5 Å². The molecule has 0 aliphatic carbocycles. The maximum atomic E-state index is 12.3. The van der Waals surface area contributed by atoms with E-state index in [-0.39, 0.29) is 5.92 Å². The Morgan fingerprint density at radius 2 is 2.10 bits per heavy atom. The van der Waals surface area contributed by atoms with E-state index in [1.807, 2.05) is 13.8 Å². The molecule has 0 aliphatic heterocycles. The van der Waals surface area contributed by atoms with Gasteiger partial charge in [-0.1, -0.05) is 19.9 Å².